The normalized spacial score (nSPS) is 18.2. The molecule has 2 unspecified atom stereocenters. The number of ether oxygens (including phenoxy) is 1. The minimum absolute atomic E-state index is 0.00201. The van der Waals surface area contributed by atoms with Gasteiger partial charge in [-0.1, -0.05) is 44.2 Å². The summed E-state index contributed by atoms with van der Waals surface area (Å²) in [6.45, 7) is 6.34. The van der Waals surface area contributed by atoms with Gasteiger partial charge in [0.05, 0.1) is 11.7 Å². The molecule has 0 saturated heterocycles. The number of carbonyl (C=O) groups is 3. The van der Waals surface area contributed by atoms with Crippen LogP contribution in [0, 0.1) is 5.92 Å². The highest BCUT2D eigenvalue weighted by Gasteiger charge is 2.35. The summed E-state index contributed by atoms with van der Waals surface area (Å²) in [6.07, 6.45) is 0.901. The molecule has 0 spiro atoms. The highest BCUT2D eigenvalue weighted by atomic mass is 16.5. The molecule has 2 aliphatic rings. The van der Waals surface area contributed by atoms with Gasteiger partial charge in [0.1, 0.15) is 11.8 Å². The average Bonchev–Trinajstić information content (AvgIpc) is 2.77. The van der Waals surface area contributed by atoms with E-state index >= 15 is 0 Å². The third kappa shape index (κ3) is 4.61. The number of amides is 3. The van der Waals surface area contributed by atoms with E-state index in [2.05, 4.69) is 10.6 Å². The van der Waals surface area contributed by atoms with Crippen LogP contribution in [0.5, 0.6) is 5.75 Å². The van der Waals surface area contributed by atoms with Crippen molar-refractivity contribution in [2.24, 2.45) is 5.92 Å². The first-order chi connectivity index (χ1) is 15.3. The van der Waals surface area contributed by atoms with Crippen molar-refractivity contribution in [1.82, 2.24) is 10.2 Å². The summed E-state index contributed by atoms with van der Waals surface area (Å²) in [4.78, 5) is 39.6. The number of hydrogen-bond donors (Lipinski definition) is 2. The van der Waals surface area contributed by atoms with Gasteiger partial charge in [-0.3, -0.25) is 14.4 Å². The molecule has 4 rings (SSSR count). The fourth-order valence-electron chi connectivity index (χ4n) is 4.25. The summed E-state index contributed by atoms with van der Waals surface area (Å²) in [6, 6.07) is 12.6. The zero-order valence-corrected chi connectivity index (χ0v) is 18.7. The van der Waals surface area contributed by atoms with Crippen molar-refractivity contribution in [1.29, 1.82) is 0 Å². The molecule has 2 heterocycles. The lowest BCUT2D eigenvalue weighted by atomic mass is 9.92. The molecular weight excluding hydrogens is 406 g/mol. The van der Waals surface area contributed by atoms with Crippen LogP contribution >= 0.6 is 0 Å². The topological polar surface area (TPSA) is 87.7 Å². The highest BCUT2D eigenvalue weighted by Crippen LogP contribution is 2.31. The molecule has 2 N–H and O–H groups in total. The lowest BCUT2D eigenvalue weighted by molar-refractivity contribution is -0.142. The van der Waals surface area contributed by atoms with Gasteiger partial charge in [-0.2, -0.15) is 0 Å². The summed E-state index contributed by atoms with van der Waals surface area (Å²) < 4.78 is 5.41. The number of nitrogens with one attached hydrogen (secondary N) is 2. The second kappa shape index (κ2) is 9.02. The van der Waals surface area contributed by atoms with Crippen molar-refractivity contribution in [3.63, 3.8) is 0 Å². The first-order valence-corrected chi connectivity index (χ1v) is 11.0. The Balaban J connectivity index is 1.53. The average molecular weight is 436 g/mol. The minimum atomic E-state index is -0.556. The molecule has 0 bridgehead atoms. The summed E-state index contributed by atoms with van der Waals surface area (Å²) in [7, 11) is 0. The van der Waals surface area contributed by atoms with Gasteiger partial charge in [0.25, 0.3) is 5.91 Å². The third-order valence-corrected chi connectivity index (χ3v) is 5.95. The summed E-state index contributed by atoms with van der Waals surface area (Å²) in [5.74, 6) is 0.445. The van der Waals surface area contributed by atoms with Crippen molar-refractivity contribution in [3.8, 4) is 5.75 Å². The molecule has 2 aromatic carbocycles. The van der Waals surface area contributed by atoms with Crippen molar-refractivity contribution in [2.45, 2.75) is 52.2 Å². The van der Waals surface area contributed by atoms with Gasteiger partial charge in [0.2, 0.25) is 11.8 Å². The molecule has 0 aliphatic carbocycles. The van der Waals surface area contributed by atoms with Gasteiger partial charge >= 0.3 is 0 Å². The fourth-order valence-corrected chi connectivity index (χ4v) is 4.25. The molecule has 2 aliphatic heterocycles. The first kappa shape index (κ1) is 21.9. The molecule has 0 saturated carbocycles. The predicted octanol–water partition coefficient (Wildman–Crippen LogP) is 3.19. The standard InChI is InChI=1S/C25H29N3O4/c1-15(2)10-24(30)28-13-19-7-5-4-6-18(19)12-21(28)25(31)26-16(3)17-8-9-22-20(11-17)27-23(29)14-32-22/h4-9,11,15-16,21H,10,12-14H2,1-3H3,(H,26,31)(H,27,29). The molecule has 7 heteroatoms. The molecule has 2 aromatic rings. The van der Waals surface area contributed by atoms with Crippen LogP contribution in [0.3, 0.4) is 0 Å². The van der Waals surface area contributed by atoms with Gasteiger partial charge < -0.3 is 20.3 Å². The first-order valence-electron chi connectivity index (χ1n) is 11.0. The van der Waals surface area contributed by atoms with Crippen LogP contribution in [0.1, 0.15) is 49.9 Å². The lowest BCUT2D eigenvalue weighted by Gasteiger charge is -2.37. The van der Waals surface area contributed by atoms with Gasteiger partial charge in [-0.15, -0.1) is 0 Å². The van der Waals surface area contributed by atoms with Gasteiger partial charge in [0.15, 0.2) is 6.61 Å². The van der Waals surface area contributed by atoms with Crippen LogP contribution in [0.15, 0.2) is 42.5 Å². The Bertz CT molecular complexity index is 1050. The maximum absolute atomic E-state index is 13.3. The maximum Gasteiger partial charge on any atom is 0.262 e. The Morgan fingerprint density at radius 2 is 1.91 bits per heavy atom. The molecule has 32 heavy (non-hydrogen) atoms. The molecular formula is C25H29N3O4. The SMILES string of the molecule is CC(C)CC(=O)N1Cc2ccccc2CC1C(=O)NC(C)c1ccc2c(c1)NC(=O)CO2. The van der Waals surface area contributed by atoms with Gasteiger partial charge in [-0.05, 0) is 41.7 Å². The zero-order chi connectivity index (χ0) is 22.8. The molecule has 2 atom stereocenters. The van der Waals surface area contributed by atoms with Crippen molar-refractivity contribution < 1.29 is 19.1 Å². The molecule has 7 nitrogen and oxygen atoms in total. The van der Waals surface area contributed by atoms with Gasteiger partial charge in [0, 0.05) is 19.4 Å². The number of benzene rings is 2. The minimum Gasteiger partial charge on any atom is -0.482 e. The van der Waals surface area contributed by atoms with E-state index in [1.165, 1.54) is 0 Å². The number of fused-ring (bicyclic) bond motifs is 2. The smallest absolute Gasteiger partial charge is 0.262 e. The van der Waals surface area contributed by atoms with Gasteiger partial charge in [-0.25, -0.2) is 0 Å². The molecule has 3 amide bonds. The second-order valence-corrected chi connectivity index (χ2v) is 8.93. The number of anilines is 1. The maximum atomic E-state index is 13.3. The molecule has 0 fully saturated rings. The summed E-state index contributed by atoms with van der Waals surface area (Å²) in [5.41, 5.74) is 3.63. The van der Waals surface area contributed by atoms with E-state index in [4.69, 9.17) is 4.74 Å². The Morgan fingerprint density at radius 3 is 2.66 bits per heavy atom. The van der Waals surface area contributed by atoms with Crippen LogP contribution in [-0.2, 0) is 27.3 Å². The van der Waals surface area contributed by atoms with Crippen LogP contribution in [-0.4, -0.2) is 35.3 Å². The van der Waals surface area contributed by atoms with Crippen LogP contribution < -0.4 is 15.4 Å². The Morgan fingerprint density at radius 1 is 1.16 bits per heavy atom. The number of carbonyl (C=O) groups excluding carboxylic acids is 3. The summed E-state index contributed by atoms with van der Waals surface area (Å²) in [5, 5.41) is 5.86. The molecule has 0 aromatic heterocycles. The fraction of sp³-hybridized carbons (Fsp3) is 0.400. The van der Waals surface area contributed by atoms with E-state index < -0.39 is 6.04 Å². The van der Waals surface area contributed by atoms with Crippen molar-refractivity contribution in [3.05, 3.63) is 59.2 Å². The monoisotopic (exact) mass is 435 g/mol. The Kier molecular flexibility index (Phi) is 6.17. The Hall–Kier alpha value is -3.35. The Labute approximate surface area is 188 Å². The van der Waals surface area contributed by atoms with Crippen molar-refractivity contribution in [2.75, 3.05) is 11.9 Å². The van der Waals surface area contributed by atoms with Crippen LogP contribution in [0.25, 0.3) is 0 Å². The van der Waals surface area contributed by atoms with Crippen LogP contribution in [0.2, 0.25) is 0 Å². The molecule has 168 valence electrons. The molecule has 0 radical (unpaired) electrons. The largest absolute Gasteiger partial charge is 0.482 e. The van der Waals surface area contributed by atoms with E-state index in [-0.39, 0.29) is 36.3 Å². The second-order valence-electron chi connectivity index (χ2n) is 8.93. The van der Waals surface area contributed by atoms with E-state index in [1.807, 2.05) is 57.2 Å². The summed E-state index contributed by atoms with van der Waals surface area (Å²) >= 11 is 0. The zero-order valence-electron chi connectivity index (χ0n) is 18.7. The quantitative estimate of drug-likeness (QED) is 0.755. The van der Waals surface area contributed by atoms with Crippen LogP contribution in [0.4, 0.5) is 5.69 Å². The van der Waals surface area contributed by atoms with E-state index in [9.17, 15) is 14.4 Å². The van der Waals surface area contributed by atoms with Crippen molar-refractivity contribution >= 4 is 23.4 Å². The third-order valence-electron chi connectivity index (χ3n) is 5.95. The van der Waals surface area contributed by atoms with E-state index in [0.717, 1.165) is 16.7 Å². The lowest BCUT2D eigenvalue weighted by Crippen LogP contribution is -2.53. The number of rotatable bonds is 5. The highest BCUT2D eigenvalue weighted by molar-refractivity contribution is 5.95. The number of hydrogen-bond acceptors (Lipinski definition) is 4. The van der Waals surface area contributed by atoms with E-state index in [0.29, 0.717) is 30.8 Å². The van der Waals surface area contributed by atoms with E-state index in [1.54, 1.807) is 11.0 Å². The number of nitrogens with zero attached hydrogens (tertiary/aromatic N) is 1. The predicted molar refractivity (Wildman–Crippen MR) is 121 cm³/mol.